The van der Waals surface area contributed by atoms with E-state index in [1.165, 1.54) is 0 Å². The van der Waals surface area contributed by atoms with Gasteiger partial charge >= 0.3 is 0 Å². The summed E-state index contributed by atoms with van der Waals surface area (Å²) >= 11 is 12.0. The maximum absolute atomic E-state index is 11.5. The van der Waals surface area contributed by atoms with Crippen molar-refractivity contribution in [3.05, 3.63) is 40.4 Å². The summed E-state index contributed by atoms with van der Waals surface area (Å²) in [6, 6.07) is 3.36. The van der Waals surface area contributed by atoms with Crippen LogP contribution in [0.4, 0.5) is 5.69 Å². The monoisotopic (exact) mass is 272 g/mol. The van der Waals surface area contributed by atoms with Gasteiger partial charge in [-0.2, -0.15) is 0 Å². The van der Waals surface area contributed by atoms with Gasteiger partial charge in [0, 0.05) is 11.6 Å². The number of carbonyl (C=O) groups excluding carboxylic acids is 1. The Hall–Kier alpha value is -1.03. The first-order valence-corrected chi connectivity index (χ1v) is 5.87. The number of halogens is 2. The van der Waals surface area contributed by atoms with Gasteiger partial charge in [0.2, 0.25) is 5.91 Å². The predicted octanol–water partition coefficient (Wildman–Crippen LogP) is 3.02. The SMILES string of the molecule is C=CCNCC(=O)Nc1cc(Cl)c(C)cc1Cl. The first kappa shape index (κ1) is 14.0. The van der Waals surface area contributed by atoms with Crippen molar-refractivity contribution in [2.75, 3.05) is 18.4 Å². The summed E-state index contributed by atoms with van der Waals surface area (Å²) < 4.78 is 0. The summed E-state index contributed by atoms with van der Waals surface area (Å²) in [5, 5.41) is 6.63. The average Bonchev–Trinajstić information content (AvgIpc) is 2.26. The van der Waals surface area contributed by atoms with Crippen LogP contribution >= 0.6 is 23.2 Å². The molecule has 1 rings (SSSR count). The number of amides is 1. The highest BCUT2D eigenvalue weighted by atomic mass is 35.5. The smallest absolute Gasteiger partial charge is 0.238 e. The molecule has 0 spiro atoms. The second kappa shape index (κ2) is 6.64. The molecular weight excluding hydrogens is 259 g/mol. The van der Waals surface area contributed by atoms with Crippen LogP contribution in [0.2, 0.25) is 10.0 Å². The molecule has 5 heteroatoms. The third-order valence-corrected chi connectivity index (χ3v) is 2.82. The predicted molar refractivity (Wildman–Crippen MR) is 72.9 cm³/mol. The van der Waals surface area contributed by atoms with E-state index in [2.05, 4.69) is 17.2 Å². The Labute approximate surface area is 111 Å². The zero-order valence-electron chi connectivity index (χ0n) is 9.52. The van der Waals surface area contributed by atoms with Crippen LogP contribution < -0.4 is 10.6 Å². The standard InChI is InChI=1S/C12H14Cl2N2O/c1-3-4-15-7-12(17)16-11-6-9(13)8(2)5-10(11)14/h3,5-6,15H,1,4,7H2,2H3,(H,16,17). The van der Waals surface area contributed by atoms with Crippen LogP contribution in [-0.4, -0.2) is 19.0 Å². The Kier molecular flexibility index (Phi) is 5.48. The van der Waals surface area contributed by atoms with E-state index in [4.69, 9.17) is 23.2 Å². The summed E-state index contributed by atoms with van der Waals surface area (Å²) in [6.45, 7) is 6.18. The van der Waals surface area contributed by atoms with Crippen molar-refractivity contribution >= 4 is 34.8 Å². The van der Waals surface area contributed by atoms with E-state index < -0.39 is 0 Å². The topological polar surface area (TPSA) is 41.1 Å². The van der Waals surface area contributed by atoms with Crippen LogP contribution in [0.15, 0.2) is 24.8 Å². The molecule has 1 amide bonds. The summed E-state index contributed by atoms with van der Waals surface area (Å²) in [6.07, 6.45) is 1.68. The Morgan fingerprint density at radius 2 is 2.12 bits per heavy atom. The van der Waals surface area contributed by atoms with Crippen LogP contribution in [0.1, 0.15) is 5.56 Å². The molecule has 92 valence electrons. The summed E-state index contributed by atoms with van der Waals surface area (Å²) in [5.41, 5.74) is 1.40. The van der Waals surface area contributed by atoms with Crippen molar-refractivity contribution in [3.63, 3.8) is 0 Å². The average molecular weight is 273 g/mol. The van der Waals surface area contributed by atoms with Crippen LogP contribution in [0.3, 0.4) is 0 Å². The van der Waals surface area contributed by atoms with Gasteiger partial charge in [-0.1, -0.05) is 29.3 Å². The molecule has 0 atom stereocenters. The van der Waals surface area contributed by atoms with E-state index in [1.54, 1.807) is 18.2 Å². The molecule has 0 saturated carbocycles. The van der Waals surface area contributed by atoms with Gasteiger partial charge in [-0.3, -0.25) is 4.79 Å². The third kappa shape index (κ3) is 4.38. The number of anilines is 1. The summed E-state index contributed by atoms with van der Waals surface area (Å²) in [5.74, 6) is -0.173. The third-order valence-electron chi connectivity index (χ3n) is 2.10. The highest BCUT2D eigenvalue weighted by Crippen LogP contribution is 2.28. The molecule has 3 nitrogen and oxygen atoms in total. The van der Waals surface area contributed by atoms with Crippen molar-refractivity contribution in [2.24, 2.45) is 0 Å². The maximum atomic E-state index is 11.5. The van der Waals surface area contributed by atoms with Gasteiger partial charge in [0.1, 0.15) is 0 Å². The molecule has 2 N–H and O–H groups in total. The van der Waals surface area contributed by atoms with Gasteiger partial charge in [-0.05, 0) is 24.6 Å². The normalized spacial score (nSPS) is 10.1. The molecule has 0 fully saturated rings. The molecule has 0 aliphatic rings. The lowest BCUT2D eigenvalue weighted by molar-refractivity contribution is -0.115. The van der Waals surface area contributed by atoms with Gasteiger partial charge in [0.25, 0.3) is 0 Å². The number of hydrogen-bond donors (Lipinski definition) is 2. The van der Waals surface area contributed by atoms with Crippen molar-refractivity contribution in [1.82, 2.24) is 5.32 Å². The molecule has 0 radical (unpaired) electrons. The minimum Gasteiger partial charge on any atom is -0.324 e. The Morgan fingerprint density at radius 3 is 2.76 bits per heavy atom. The van der Waals surface area contributed by atoms with Crippen LogP contribution in [0.25, 0.3) is 0 Å². The second-order valence-corrected chi connectivity index (χ2v) is 4.36. The molecule has 0 heterocycles. The van der Waals surface area contributed by atoms with Crippen LogP contribution in [0, 0.1) is 6.92 Å². The number of nitrogens with one attached hydrogen (secondary N) is 2. The van der Waals surface area contributed by atoms with Gasteiger partial charge in [-0.15, -0.1) is 6.58 Å². The molecule has 0 unspecified atom stereocenters. The molecule has 0 aliphatic carbocycles. The maximum Gasteiger partial charge on any atom is 0.238 e. The largest absolute Gasteiger partial charge is 0.324 e. The van der Waals surface area contributed by atoms with Crippen molar-refractivity contribution in [1.29, 1.82) is 0 Å². The number of hydrogen-bond acceptors (Lipinski definition) is 2. The van der Waals surface area contributed by atoms with Crippen molar-refractivity contribution in [3.8, 4) is 0 Å². The first-order chi connectivity index (χ1) is 8.04. The fourth-order valence-electron chi connectivity index (χ4n) is 1.22. The van der Waals surface area contributed by atoms with Crippen molar-refractivity contribution < 1.29 is 4.79 Å². The minimum atomic E-state index is -0.173. The lowest BCUT2D eigenvalue weighted by atomic mass is 10.2. The molecule has 0 bridgehead atoms. The van der Waals surface area contributed by atoms with Crippen molar-refractivity contribution in [2.45, 2.75) is 6.92 Å². The summed E-state index contributed by atoms with van der Waals surface area (Å²) in [4.78, 5) is 11.5. The molecule has 0 aliphatic heterocycles. The van der Waals surface area contributed by atoms with Gasteiger partial charge in [-0.25, -0.2) is 0 Å². The fraction of sp³-hybridized carbons (Fsp3) is 0.250. The lowest BCUT2D eigenvalue weighted by Gasteiger charge is -2.09. The zero-order chi connectivity index (χ0) is 12.8. The van der Waals surface area contributed by atoms with E-state index in [0.717, 1.165) is 5.56 Å². The van der Waals surface area contributed by atoms with E-state index in [1.807, 2.05) is 6.92 Å². The minimum absolute atomic E-state index is 0.173. The Bertz CT molecular complexity index is 433. The number of aryl methyl sites for hydroxylation is 1. The van der Waals surface area contributed by atoms with Gasteiger partial charge in [0.15, 0.2) is 0 Å². The van der Waals surface area contributed by atoms with Crippen LogP contribution in [0.5, 0.6) is 0 Å². The Balaban J connectivity index is 2.65. The quantitative estimate of drug-likeness (QED) is 0.639. The fourth-order valence-corrected chi connectivity index (χ4v) is 1.65. The Morgan fingerprint density at radius 1 is 1.41 bits per heavy atom. The molecular formula is C12H14Cl2N2O. The molecule has 1 aromatic carbocycles. The molecule has 17 heavy (non-hydrogen) atoms. The molecule has 0 aromatic heterocycles. The van der Waals surface area contributed by atoms with E-state index in [9.17, 15) is 4.79 Å². The van der Waals surface area contributed by atoms with Gasteiger partial charge in [0.05, 0.1) is 17.3 Å². The molecule has 1 aromatic rings. The second-order valence-electron chi connectivity index (χ2n) is 3.55. The van der Waals surface area contributed by atoms with E-state index in [-0.39, 0.29) is 12.5 Å². The number of benzene rings is 1. The highest BCUT2D eigenvalue weighted by Gasteiger charge is 2.07. The van der Waals surface area contributed by atoms with E-state index in [0.29, 0.717) is 22.3 Å². The first-order valence-electron chi connectivity index (χ1n) is 5.11. The zero-order valence-corrected chi connectivity index (χ0v) is 11.0. The number of rotatable bonds is 5. The van der Waals surface area contributed by atoms with Crippen LogP contribution in [-0.2, 0) is 4.79 Å². The van der Waals surface area contributed by atoms with E-state index >= 15 is 0 Å². The number of carbonyl (C=O) groups is 1. The highest BCUT2D eigenvalue weighted by molar-refractivity contribution is 6.36. The van der Waals surface area contributed by atoms with Gasteiger partial charge < -0.3 is 10.6 Å². The lowest BCUT2D eigenvalue weighted by Crippen LogP contribution is -2.28. The summed E-state index contributed by atoms with van der Waals surface area (Å²) in [7, 11) is 0. The molecule has 0 saturated heterocycles.